The van der Waals surface area contributed by atoms with Crippen LogP contribution >= 0.6 is 11.8 Å². The lowest BCUT2D eigenvalue weighted by Gasteiger charge is -2.34. The zero-order chi connectivity index (χ0) is 13.8. The molecule has 3 unspecified atom stereocenters. The van der Waals surface area contributed by atoms with Crippen LogP contribution < -0.4 is 5.32 Å². The number of pyridine rings is 1. The molecule has 1 fully saturated rings. The van der Waals surface area contributed by atoms with E-state index in [9.17, 15) is 0 Å². The lowest BCUT2D eigenvalue weighted by molar-refractivity contribution is 0.0390. The van der Waals surface area contributed by atoms with E-state index in [4.69, 9.17) is 4.74 Å². The molecular formula is C16H24N2OS. The van der Waals surface area contributed by atoms with Crippen molar-refractivity contribution >= 4 is 11.8 Å². The van der Waals surface area contributed by atoms with Crippen LogP contribution in [0.5, 0.6) is 0 Å². The summed E-state index contributed by atoms with van der Waals surface area (Å²) in [4.78, 5) is 4.66. The van der Waals surface area contributed by atoms with Crippen LogP contribution in [-0.4, -0.2) is 41.8 Å². The van der Waals surface area contributed by atoms with Gasteiger partial charge in [-0.05, 0) is 37.4 Å². The summed E-state index contributed by atoms with van der Waals surface area (Å²) in [5.41, 5.74) is 2.74. The van der Waals surface area contributed by atoms with Gasteiger partial charge in [0.2, 0.25) is 0 Å². The molecular weight excluding hydrogens is 268 g/mol. The monoisotopic (exact) mass is 292 g/mol. The van der Waals surface area contributed by atoms with E-state index in [-0.39, 0.29) is 0 Å². The molecule has 0 amide bonds. The molecule has 1 aromatic heterocycles. The number of rotatable bonds is 5. The summed E-state index contributed by atoms with van der Waals surface area (Å²) in [7, 11) is 0. The maximum atomic E-state index is 6.05. The number of fused-ring (bicyclic) bond motifs is 1. The number of nitrogens with one attached hydrogen (secondary N) is 1. The highest BCUT2D eigenvalue weighted by Crippen LogP contribution is 2.36. The predicted molar refractivity (Wildman–Crippen MR) is 84.4 cm³/mol. The summed E-state index contributed by atoms with van der Waals surface area (Å²) in [6, 6.07) is 4.71. The van der Waals surface area contributed by atoms with Crippen molar-refractivity contribution in [2.75, 3.05) is 24.7 Å². The van der Waals surface area contributed by atoms with Gasteiger partial charge in [-0.15, -0.1) is 0 Å². The second-order valence-corrected chi connectivity index (χ2v) is 6.81. The first-order chi connectivity index (χ1) is 9.90. The minimum atomic E-state index is 0.332. The average molecular weight is 292 g/mol. The smallest absolute Gasteiger partial charge is 0.0825 e. The molecule has 2 aliphatic rings. The molecule has 4 heteroatoms. The SMILES string of the molecule is CCCNC(C1CSCCO1)C1CCc2cccnc21. The number of hydrogen-bond donors (Lipinski definition) is 1. The topological polar surface area (TPSA) is 34.1 Å². The molecule has 2 heterocycles. The number of nitrogens with zero attached hydrogens (tertiary/aromatic N) is 1. The molecule has 0 bridgehead atoms. The van der Waals surface area contributed by atoms with Crippen molar-refractivity contribution in [3.63, 3.8) is 0 Å². The largest absolute Gasteiger partial charge is 0.375 e. The summed E-state index contributed by atoms with van der Waals surface area (Å²) in [5, 5.41) is 3.74. The average Bonchev–Trinajstić information content (AvgIpc) is 2.93. The first kappa shape index (κ1) is 14.4. The van der Waals surface area contributed by atoms with E-state index in [1.807, 2.05) is 18.0 Å². The van der Waals surface area contributed by atoms with E-state index in [2.05, 4.69) is 29.4 Å². The fraction of sp³-hybridized carbons (Fsp3) is 0.688. The Morgan fingerprint density at radius 3 is 3.30 bits per heavy atom. The second-order valence-electron chi connectivity index (χ2n) is 5.66. The summed E-state index contributed by atoms with van der Waals surface area (Å²) in [6.07, 6.45) is 5.80. The van der Waals surface area contributed by atoms with Crippen LogP contribution in [0.1, 0.15) is 36.9 Å². The third kappa shape index (κ3) is 3.02. The van der Waals surface area contributed by atoms with Crippen molar-refractivity contribution in [3.8, 4) is 0 Å². The second kappa shape index (κ2) is 6.92. The van der Waals surface area contributed by atoms with E-state index in [1.165, 1.54) is 17.7 Å². The molecule has 1 aliphatic carbocycles. The molecule has 0 radical (unpaired) electrons. The number of thioether (sulfide) groups is 1. The van der Waals surface area contributed by atoms with E-state index in [0.717, 1.165) is 37.5 Å². The van der Waals surface area contributed by atoms with Gasteiger partial charge in [0, 0.05) is 35.4 Å². The number of hydrogen-bond acceptors (Lipinski definition) is 4. The Morgan fingerprint density at radius 2 is 2.50 bits per heavy atom. The fourth-order valence-electron chi connectivity index (χ4n) is 3.35. The first-order valence-electron chi connectivity index (χ1n) is 7.76. The highest BCUT2D eigenvalue weighted by molar-refractivity contribution is 7.99. The zero-order valence-electron chi connectivity index (χ0n) is 12.2. The third-order valence-corrected chi connectivity index (χ3v) is 5.33. The minimum absolute atomic E-state index is 0.332. The Hall–Kier alpha value is -0.580. The molecule has 110 valence electrons. The highest BCUT2D eigenvalue weighted by atomic mass is 32.2. The van der Waals surface area contributed by atoms with E-state index < -0.39 is 0 Å². The Balaban J connectivity index is 1.78. The van der Waals surface area contributed by atoms with E-state index in [0.29, 0.717) is 18.1 Å². The fourth-order valence-corrected chi connectivity index (χ4v) is 4.27. The van der Waals surface area contributed by atoms with E-state index >= 15 is 0 Å². The predicted octanol–water partition coefficient (Wildman–Crippen LogP) is 2.61. The van der Waals surface area contributed by atoms with Crippen molar-refractivity contribution in [2.24, 2.45) is 0 Å². The summed E-state index contributed by atoms with van der Waals surface area (Å²) >= 11 is 2.02. The molecule has 0 saturated carbocycles. The summed E-state index contributed by atoms with van der Waals surface area (Å²) in [5.74, 6) is 2.76. The maximum absolute atomic E-state index is 6.05. The maximum Gasteiger partial charge on any atom is 0.0825 e. The normalized spacial score (nSPS) is 27.2. The van der Waals surface area contributed by atoms with Crippen molar-refractivity contribution in [1.82, 2.24) is 10.3 Å². The molecule has 3 nitrogen and oxygen atoms in total. The molecule has 3 atom stereocenters. The van der Waals surface area contributed by atoms with Gasteiger partial charge in [-0.25, -0.2) is 0 Å². The zero-order valence-corrected chi connectivity index (χ0v) is 13.0. The molecule has 0 aromatic carbocycles. The van der Waals surface area contributed by atoms with Gasteiger partial charge in [0.1, 0.15) is 0 Å². The van der Waals surface area contributed by atoms with Gasteiger partial charge in [0.05, 0.1) is 12.7 Å². The molecule has 1 N–H and O–H groups in total. The van der Waals surface area contributed by atoms with Crippen molar-refractivity contribution in [2.45, 2.75) is 44.2 Å². The minimum Gasteiger partial charge on any atom is -0.375 e. The molecule has 1 saturated heterocycles. The molecule has 1 aromatic rings. The Labute approximate surface area is 125 Å². The van der Waals surface area contributed by atoms with Gasteiger partial charge in [-0.2, -0.15) is 11.8 Å². The lowest BCUT2D eigenvalue weighted by atomic mass is 9.92. The third-order valence-electron chi connectivity index (χ3n) is 4.31. The summed E-state index contributed by atoms with van der Waals surface area (Å²) in [6.45, 7) is 4.18. The van der Waals surface area contributed by atoms with Gasteiger partial charge >= 0.3 is 0 Å². The summed E-state index contributed by atoms with van der Waals surface area (Å²) < 4.78 is 6.05. The van der Waals surface area contributed by atoms with Crippen molar-refractivity contribution < 1.29 is 4.74 Å². The number of ether oxygens (including phenoxy) is 1. The number of aromatic nitrogens is 1. The number of aryl methyl sites for hydroxylation is 1. The molecule has 1 aliphatic heterocycles. The van der Waals surface area contributed by atoms with Gasteiger partial charge < -0.3 is 10.1 Å². The van der Waals surface area contributed by atoms with Gasteiger partial charge in [-0.3, -0.25) is 4.98 Å². The molecule has 20 heavy (non-hydrogen) atoms. The first-order valence-corrected chi connectivity index (χ1v) is 8.92. The van der Waals surface area contributed by atoms with Crippen LogP contribution in [0.3, 0.4) is 0 Å². The lowest BCUT2D eigenvalue weighted by Crippen LogP contribution is -2.48. The Kier molecular flexibility index (Phi) is 4.97. The Bertz CT molecular complexity index is 434. The molecule has 3 rings (SSSR count). The highest BCUT2D eigenvalue weighted by Gasteiger charge is 2.36. The standard InChI is InChI=1S/C16H24N2OS/c1-2-7-17-16(14-11-20-10-9-19-14)13-6-5-12-4-3-8-18-15(12)13/h3-4,8,13-14,16-17H,2,5-7,9-11H2,1H3. The van der Waals surface area contributed by atoms with E-state index in [1.54, 1.807) is 0 Å². The van der Waals surface area contributed by atoms with Crippen LogP contribution in [-0.2, 0) is 11.2 Å². The van der Waals surface area contributed by atoms with Crippen LogP contribution in [0.2, 0.25) is 0 Å². The van der Waals surface area contributed by atoms with Crippen LogP contribution in [0.25, 0.3) is 0 Å². The van der Waals surface area contributed by atoms with Crippen LogP contribution in [0.15, 0.2) is 18.3 Å². The Morgan fingerprint density at radius 1 is 1.55 bits per heavy atom. The van der Waals surface area contributed by atoms with Gasteiger partial charge in [-0.1, -0.05) is 13.0 Å². The molecule has 0 spiro atoms. The van der Waals surface area contributed by atoms with Crippen LogP contribution in [0, 0.1) is 0 Å². The van der Waals surface area contributed by atoms with Crippen molar-refractivity contribution in [3.05, 3.63) is 29.6 Å². The van der Waals surface area contributed by atoms with Crippen LogP contribution in [0.4, 0.5) is 0 Å². The van der Waals surface area contributed by atoms with Gasteiger partial charge in [0.15, 0.2) is 0 Å². The van der Waals surface area contributed by atoms with Gasteiger partial charge in [0.25, 0.3) is 0 Å². The quantitative estimate of drug-likeness (QED) is 0.904. The van der Waals surface area contributed by atoms with Crippen molar-refractivity contribution in [1.29, 1.82) is 0 Å².